The second-order valence-electron chi connectivity index (χ2n) is 5.00. The van der Waals surface area contributed by atoms with Crippen LogP contribution >= 0.6 is 11.6 Å². The summed E-state index contributed by atoms with van der Waals surface area (Å²) in [6, 6.07) is 17.0. The fraction of sp³-hybridized carbons (Fsp3) is 0.235. The molecule has 2 aromatic rings. The number of carbonyl (C=O) groups excluding carboxylic acids is 1. The lowest BCUT2D eigenvalue weighted by Gasteiger charge is -2.19. The minimum Gasteiger partial charge on any atom is -0.375 e. The number of benzene rings is 2. The number of nitrogens with zero attached hydrogens (tertiary/aromatic N) is 1. The highest BCUT2D eigenvalue weighted by Crippen LogP contribution is 2.13. The highest BCUT2D eigenvalue weighted by Gasteiger charge is 2.02. The van der Waals surface area contributed by atoms with Crippen molar-refractivity contribution < 1.29 is 4.79 Å². The first-order valence-electron chi connectivity index (χ1n) is 7.22. The summed E-state index contributed by atoms with van der Waals surface area (Å²) in [4.78, 5) is 13.9. The first-order chi connectivity index (χ1) is 10.6. The van der Waals surface area contributed by atoms with Gasteiger partial charge in [0.2, 0.25) is 0 Å². The number of urea groups is 1. The number of carbonyl (C=O) groups is 1. The van der Waals surface area contributed by atoms with Crippen molar-refractivity contribution in [1.82, 2.24) is 5.32 Å². The number of nitrogens with one attached hydrogen (secondary N) is 2. The number of hydrogen-bond donors (Lipinski definition) is 2. The minimum absolute atomic E-state index is 0.204. The second-order valence-corrected chi connectivity index (χ2v) is 5.43. The smallest absolute Gasteiger partial charge is 0.319 e. The first kappa shape index (κ1) is 16.2. The summed E-state index contributed by atoms with van der Waals surface area (Å²) in [5.41, 5.74) is 1.90. The highest BCUT2D eigenvalue weighted by molar-refractivity contribution is 6.30. The number of rotatable bonds is 6. The van der Waals surface area contributed by atoms with Crippen molar-refractivity contribution in [3.8, 4) is 0 Å². The van der Waals surface area contributed by atoms with Crippen LogP contribution in [0.3, 0.4) is 0 Å². The molecule has 0 aliphatic carbocycles. The Kier molecular flexibility index (Phi) is 6.10. The van der Waals surface area contributed by atoms with Crippen LogP contribution in [0, 0.1) is 0 Å². The third kappa shape index (κ3) is 5.30. The third-order valence-corrected chi connectivity index (χ3v) is 3.51. The van der Waals surface area contributed by atoms with Gasteiger partial charge in [-0.05, 0) is 42.8 Å². The Morgan fingerprint density at radius 3 is 2.45 bits per heavy atom. The topological polar surface area (TPSA) is 44.4 Å². The lowest BCUT2D eigenvalue weighted by atomic mass is 10.3. The van der Waals surface area contributed by atoms with Crippen molar-refractivity contribution in [2.24, 2.45) is 0 Å². The highest BCUT2D eigenvalue weighted by atomic mass is 35.5. The molecule has 0 unspecified atom stereocenters. The average molecular weight is 318 g/mol. The molecule has 0 aliphatic heterocycles. The van der Waals surface area contributed by atoms with Crippen molar-refractivity contribution in [3.63, 3.8) is 0 Å². The van der Waals surface area contributed by atoms with Gasteiger partial charge in [-0.25, -0.2) is 4.79 Å². The van der Waals surface area contributed by atoms with Crippen LogP contribution in [0.25, 0.3) is 0 Å². The summed E-state index contributed by atoms with van der Waals surface area (Å²) >= 11 is 5.80. The summed E-state index contributed by atoms with van der Waals surface area (Å²) in [7, 11) is 2.04. The van der Waals surface area contributed by atoms with Gasteiger partial charge < -0.3 is 15.5 Å². The summed E-state index contributed by atoms with van der Waals surface area (Å²) in [5, 5.41) is 6.26. The molecule has 116 valence electrons. The second kappa shape index (κ2) is 8.29. The van der Waals surface area contributed by atoms with Crippen LogP contribution in [-0.4, -0.2) is 26.2 Å². The SMILES string of the molecule is CN(CCCNC(=O)Nc1ccc(Cl)cc1)c1ccccc1. The van der Waals surface area contributed by atoms with Crippen molar-refractivity contribution >= 4 is 29.0 Å². The number of halogens is 1. The molecule has 2 N–H and O–H groups in total. The standard InChI is InChI=1S/C17H20ClN3O/c1-21(16-6-3-2-4-7-16)13-5-12-19-17(22)20-15-10-8-14(18)9-11-15/h2-4,6-11H,5,12-13H2,1H3,(H2,19,20,22). The molecule has 0 spiro atoms. The van der Waals surface area contributed by atoms with Crippen molar-refractivity contribution in [1.29, 1.82) is 0 Å². The molecule has 0 saturated carbocycles. The number of hydrogen-bond acceptors (Lipinski definition) is 2. The van der Waals surface area contributed by atoms with Crippen molar-refractivity contribution in [2.75, 3.05) is 30.4 Å². The molecular weight excluding hydrogens is 298 g/mol. The van der Waals surface area contributed by atoms with Crippen molar-refractivity contribution in [2.45, 2.75) is 6.42 Å². The first-order valence-corrected chi connectivity index (χ1v) is 7.59. The maximum atomic E-state index is 11.7. The zero-order valence-corrected chi connectivity index (χ0v) is 13.3. The summed E-state index contributed by atoms with van der Waals surface area (Å²) < 4.78 is 0. The Hall–Kier alpha value is -2.20. The molecule has 0 heterocycles. The van der Waals surface area contributed by atoms with E-state index in [-0.39, 0.29) is 6.03 Å². The van der Waals surface area contributed by atoms with Crippen LogP contribution < -0.4 is 15.5 Å². The van der Waals surface area contributed by atoms with E-state index in [2.05, 4.69) is 27.7 Å². The van der Waals surface area contributed by atoms with Crippen LogP contribution in [0.2, 0.25) is 5.02 Å². The minimum atomic E-state index is -0.204. The van der Waals surface area contributed by atoms with E-state index in [1.54, 1.807) is 24.3 Å². The molecule has 0 fully saturated rings. The normalized spacial score (nSPS) is 10.1. The van der Waals surface area contributed by atoms with E-state index < -0.39 is 0 Å². The summed E-state index contributed by atoms with van der Waals surface area (Å²) in [5.74, 6) is 0. The van der Waals surface area contributed by atoms with E-state index in [4.69, 9.17) is 11.6 Å². The lowest BCUT2D eigenvalue weighted by Crippen LogP contribution is -2.31. The Balaban J connectivity index is 1.66. The van der Waals surface area contributed by atoms with E-state index in [1.165, 1.54) is 5.69 Å². The lowest BCUT2D eigenvalue weighted by molar-refractivity contribution is 0.252. The van der Waals surface area contributed by atoms with Crippen molar-refractivity contribution in [3.05, 3.63) is 59.6 Å². The van der Waals surface area contributed by atoms with Gasteiger partial charge in [-0.1, -0.05) is 29.8 Å². The zero-order chi connectivity index (χ0) is 15.8. The number of para-hydroxylation sites is 1. The zero-order valence-electron chi connectivity index (χ0n) is 12.6. The van der Waals surface area contributed by atoms with Gasteiger partial charge in [0.1, 0.15) is 0 Å². The molecule has 0 atom stereocenters. The Bertz CT molecular complexity index is 587. The van der Waals surface area contributed by atoms with Crippen LogP contribution in [-0.2, 0) is 0 Å². The van der Waals surface area contributed by atoms with Gasteiger partial charge in [-0.15, -0.1) is 0 Å². The fourth-order valence-corrected chi connectivity index (χ4v) is 2.16. The number of amides is 2. The molecule has 2 aromatic carbocycles. The van der Waals surface area contributed by atoms with Crippen LogP contribution in [0.4, 0.5) is 16.2 Å². The fourth-order valence-electron chi connectivity index (χ4n) is 2.04. The molecular formula is C17H20ClN3O. The predicted molar refractivity (Wildman–Crippen MR) is 92.8 cm³/mol. The van der Waals surface area contributed by atoms with Crippen LogP contribution in [0.15, 0.2) is 54.6 Å². The Morgan fingerprint density at radius 2 is 1.77 bits per heavy atom. The van der Waals surface area contributed by atoms with E-state index in [9.17, 15) is 4.79 Å². The molecule has 2 amide bonds. The quantitative estimate of drug-likeness (QED) is 0.791. The van der Waals surface area contributed by atoms with E-state index in [1.807, 2.05) is 25.2 Å². The molecule has 5 heteroatoms. The van der Waals surface area contributed by atoms with Gasteiger partial charge in [0.05, 0.1) is 0 Å². The van der Waals surface area contributed by atoms with Gasteiger partial charge in [0, 0.05) is 36.5 Å². The Labute approximate surface area is 136 Å². The maximum Gasteiger partial charge on any atom is 0.319 e. The molecule has 0 aromatic heterocycles. The largest absolute Gasteiger partial charge is 0.375 e. The third-order valence-electron chi connectivity index (χ3n) is 3.25. The average Bonchev–Trinajstić information content (AvgIpc) is 2.54. The molecule has 0 aliphatic rings. The molecule has 0 bridgehead atoms. The van der Waals surface area contributed by atoms with Gasteiger partial charge >= 0.3 is 6.03 Å². The Morgan fingerprint density at radius 1 is 1.09 bits per heavy atom. The van der Waals surface area contributed by atoms with E-state index in [0.717, 1.165) is 18.7 Å². The molecule has 0 radical (unpaired) electrons. The molecule has 0 saturated heterocycles. The van der Waals surface area contributed by atoms with Gasteiger partial charge in [0.25, 0.3) is 0 Å². The monoisotopic (exact) mass is 317 g/mol. The number of anilines is 2. The summed E-state index contributed by atoms with van der Waals surface area (Å²) in [6.45, 7) is 1.50. The summed E-state index contributed by atoms with van der Waals surface area (Å²) in [6.07, 6.45) is 0.874. The van der Waals surface area contributed by atoms with Crippen LogP contribution in [0.1, 0.15) is 6.42 Å². The maximum absolute atomic E-state index is 11.7. The van der Waals surface area contributed by atoms with Gasteiger partial charge in [-0.2, -0.15) is 0 Å². The van der Waals surface area contributed by atoms with Gasteiger partial charge in [-0.3, -0.25) is 0 Å². The van der Waals surface area contributed by atoms with Gasteiger partial charge in [0.15, 0.2) is 0 Å². The molecule has 4 nitrogen and oxygen atoms in total. The van der Waals surface area contributed by atoms with E-state index >= 15 is 0 Å². The molecule has 2 rings (SSSR count). The molecule has 22 heavy (non-hydrogen) atoms. The predicted octanol–water partition coefficient (Wildman–Crippen LogP) is 3.99. The van der Waals surface area contributed by atoms with Crippen LogP contribution in [0.5, 0.6) is 0 Å². The van der Waals surface area contributed by atoms with E-state index in [0.29, 0.717) is 11.6 Å².